The summed E-state index contributed by atoms with van der Waals surface area (Å²) in [7, 11) is 0. The Morgan fingerprint density at radius 1 is 1.24 bits per heavy atom. The van der Waals surface area contributed by atoms with Crippen molar-refractivity contribution in [2.24, 2.45) is 11.3 Å². The Kier molecular flexibility index (Phi) is 3.72. The predicted octanol–water partition coefficient (Wildman–Crippen LogP) is 3.98. The number of nitrogens with zero attached hydrogens (tertiary/aromatic N) is 2. The largest absolute Gasteiger partial charge is 0.477 e. The average Bonchev–Trinajstić information content (AvgIpc) is 3.16. The number of hydrogen-bond acceptors (Lipinski definition) is 4. The van der Waals surface area contributed by atoms with Crippen LogP contribution >= 0.6 is 11.3 Å². The summed E-state index contributed by atoms with van der Waals surface area (Å²) in [5.74, 6) is 0.328. The van der Waals surface area contributed by atoms with Crippen LogP contribution in [0.25, 0.3) is 0 Å². The van der Waals surface area contributed by atoms with Gasteiger partial charge in [0.2, 0.25) is 0 Å². The molecule has 1 aliphatic heterocycles. The summed E-state index contributed by atoms with van der Waals surface area (Å²) >= 11 is 1.37. The van der Waals surface area contributed by atoms with Crippen LogP contribution in [0.5, 0.6) is 0 Å². The molecule has 5 heteroatoms. The molecule has 1 saturated carbocycles. The highest BCUT2D eigenvalue weighted by Crippen LogP contribution is 2.45. The lowest BCUT2D eigenvalue weighted by molar-refractivity contribution is 0.0700. The number of thiazole rings is 1. The summed E-state index contributed by atoms with van der Waals surface area (Å²) in [6.45, 7) is 8.93. The molecule has 1 aromatic rings. The van der Waals surface area contributed by atoms with E-state index < -0.39 is 5.97 Å². The first-order valence-corrected chi connectivity index (χ1v) is 8.67. The van der Waals surface area contributed by atoms with E-state index in [1.807, 2.05) is 0 Å². The van der Waals surface area contributed by atoms with Gasteiger partial charge in [0.05, 0.1) is 5.69 Å². The fourth-order valence-electron chi connectivity index (χ4n) is 3.18. The average molecular weight is 308 g/mol. The molecule has 21 heavy (non-hydrogen) atoms. The molecule has 2 fully saturated rings. The summed E-state index contributed by atoms with van der Waals surface area (Å²) in [4.78, 5) is 18.8. The zero-order valence-electron chi connectivity index (χ0n) is 13.1. The van der Waals surface area contributed by atoms with Crippen LogP contribution in [-0.2, 0) is 0 Å². The first-order valence-electron chi connectivity index (χ1n) is 7.85. The fraction of sp³-hybridized carbons (Fsp3) is 0.750. The van der Waals surface area contributed by atoms with Crippen molar-refractivity contribution in [3.63, 3.8) is 0 Å². The van der Waals surface area contributed by atoms with Gasteiger partial charge in [-0.25, -0.2) is 9.78 Å². The van der Waals surface area contributed by atoms with Gasteiger partial charge in [-0.3, -0.25) is 0 Å². The number of anilines is 1. The molecule has 0 spiro atoms. The quantitative estimate of drug-likeness (QED) is 0.917. The highest BCUT2D eigenvalue weighted by molar-refractivity contribution is 7.17. The molecule has 2 heterocycles. The summed E-state index contributed by atoms with van der Waals surface area (Å²) in [5, 5.41) is 10.3. The molecule has 0 bridgehead atoms. The first-order chi connectivity index (χ1) is 9.86. The van der Waals surface area contributed by atoms with Crippen LogP contribution in [0.15, 0.2) is 0 Å². The number of carbonyl (C=O) groups is 1. The van der Waals surface area contributed by atoms with Gasteiger partial charge in [0.25, 0.3) is 0 Å². The van der Waals surface area contributed by atoms with Gasteiger partial charge in [0.15, 0.2) is 5.13 Å². The van der Waals surface area contributed by atoms with E-state index in [-0.39, 0.29) is 0 Å². The van der Waals surface area contributed by atoms with Crippen LogP contribution in [0.1, 0.15) is 67.7 Å². The SMILES string of the molecule is CC(C)(C)C1CCN(c2nc(C3CC3)c(C(=O)O)s2)CC1. The Bertz CT molecular complexity index is 535. The number of aromatic nitrogens is 1. The molecule has 116 valence electrons. The van der Waals surface area contributed by atoms with Crippen LogP contribution < -0.4 is 4.90 Å². The third-order valence-electron chi connectivity index (χ3n) is 4.79. The number of hydrogen-bond donors (Lipinski definition) is 1. The van der Waals surface area contributed by atoms with Crippen LogP contribution in [0, 0.1) is 11.3 Å². The minimum absolute atomic E-state index is 0.361. The van der Waals surface area contributed by atoms with E-state index in [2.05, 4.69) is 30.7 Å². The number of carboxylic acids is 1. The van der Waals surface area contributed by atoms with Gasteiger partial charge < -0.3 is 10.0 Å². The van der Waals surface area contributed by atoms with Crippen molar-refractivity contribution in [1.82, 2.24) is 4.98 Å². The molecule has 1 aliphatic carbocycles. The van der Waals surface area contributed by atoms with Gasteiger partial charge in [0.1, 0.15) is 4.88 Å². The van der Waals surface area contributed by atoms with E-state index in [9.17, 15) is 9.90 Å². The molecule has 0 amide bonds. The highest BCUT2D eigenvalue weighted by Gasteiger charge is 2.34. The van der Waals surface area contributed by atoms with E-state index in [1.165, 1.54) is 24.2 Å². The van der Waals surface area contributed by atoms with Crippen LogP contribution in [-0.4, -0.2) is 29.1 Å². The van der Waals surface area contributed by atoms with Crippen LogP contribution in [0.4, 0.5) is 5.13 Å². The van der Waals surface area contributed by atoms with Gasteiger partial charge in [-0.05, 0) is 37.0 Å². The van der Waals surface area contributed by atoms with Crippen molar-refractivity contribution >= 4 is 22.4 Å². The molecule has 1 aromatic heterocycles. The summed E-state index contributed by atoms with van der Waals surface area (Å²) in [6.07, 6.45) is 4.53. The topological polar surface area (TPSA) is 53.4 Å². The number of rotatable bonds is 3. The van der Waals surface area contributed by atoms with Crippen LogP contribution in [0.3, 0.4) is 0 Å². The molecule has 4 nitrogen and oxygen atoms in total. The summed E-state index contributed by atoms with van der Waals surface area (Å²) in [6, 6.07) is 0. The van der Waals surface area contributed by atoms with E-state index in [0.717, 1.165) is 42.7 Å². The molecule has 2 aliphatic rings. The molecule has 0 atom stereocenters. The monoisotopic (exact) mass is 308 g/mol. The van der Waals surface area contributed by atoms with Gasteiger partial charge in [-0.15, -0.1) is 0 Å². The van der Waals surface area contributed by atoms with E-state index in [1.54, 1.807) is 0 Å². The standard InChI is InChI=1S/C16H24N2O2S/c1-16(2,3)11-6-8-18(9-7-11)15-17-12(10-4-5-10)13(21-15)14(19)20/h10-11H,4-9H2,1-3H3,(H,19,20). The van der Waals surface area contributed by atoms with Crippen molar-refractivity contribution in [3.8, 4) is 0 Å². The first kappa shape index (κ1) is 14.8. The Labute approximate surface area is 130 Å². The van der Waals surface area contributed by atoms with Crippen molar-refractivity contribution in [2.45, 2.75) is 52.4 Å². The second kappa shape index (κ2) is 5.27. The maximum atomic E-state index is 11.4. The normalized spacial score (nSPS) is 20.8. The van der Waals surface area contributed by atoms with Crippen molar-refractivity contribution < 1.29 is 9.90 Å². The molecule has 0 radical (unpaired) electrons. The van der Waals surface area contributed by atoms with Crippen molar-refractivity contribution in [2.75, 3.05) is 18.0 Å². The summed E-state index contributed by atoms with van der Waals surface area (Å²) < 4.78 is 0. The fourth-order valence-corrected chi connectivity index (χ4v) is 4.22. The Hall–Kier alpha value is -1.10. The lowest BCUT2D eigenvalue weighted by Crippen LogP contribution is -2.38. The molecule has 1 saturated heterocycles. The lowest BCUT2D eigenvalue weighted by Gasteiger charge is -2.38. The van der Waals surface area contributed by atoms with Gasteiger partial charge >= 0.3 is 5.97 Å². The smallest absolute Gasteiger partial charge is 0.347 e. The zero-order chi connectivity index (χ0) is 15.2. The zero-order valence-corrected chi connectivity index (χ0v) is 13.9. The molecule has 0 unspecified atom stereocenters. The second-order valence-electron chi connectivity index (χ2n) is 7.42. The molecule has 0 aromatic carbocycles. The molecular weight excluding hydrogens is 284 g/mol. The maximum absolute atomic E-state index is 11.4. The third kappa shape index (κ3) is 3.07. The maximum Gasteiger partial charge on any atom is 0.347 e. The highest BCUT2D eigenvalue weighted by atomic mass is 32.1. The third-order valence-corrected chi connectivity index (χ3v) is 5.91. The Balaban J connectivity index is 1.74. The minimum atomic E-state index is -0.815. The summed E-state index contributed by atoms with van der Waals surface area (Å²) in [5.41, 5.74) is 1.20. The van der Waals surface area contributed by atoms with Crippen LogP contribution in [0.2, 0.25) is 0 Å². The Morgan fingerprint density at radius 2 is 1.86 bits per heavy atom. The van der Waals surface area contributed by atoms with E-state index in [4.69, 9.17) is 0 Å². The minimum Gasteiger partial charge on any atom is -0.477 e. The van der Waals surface area contributed by atoms with Gasteiger partial charge in [-0.2, -0.15) is 0 Å². The van der Waals surface area contributed by atoms with E-state index >= 15 is 0 Å². The Morgan fingerprint density at radius 3 is 2.33 bits per heavy atom. The lowest BCUT2D eigenvalue weighted by atomic mass is 9.75. The van der Waals surface area contributed by atoms with Gasteiger partial charge in [0, 0.05) is 19.0 Å². The number of carboxylic acid groups (broad SMARTS) is 1. The molecular formula is C16H24N2O2S. The predicted molar refractivity (Wildman–Crippen MR) is 85.4 cm³/mol. The van der Waals surface area contributed by atoms with Crippen molar-refractivity contribution in [1.29, 1.82) is 0 Å². The second-order valence-corrected chi connectivity index (χ2v) is 8.40. The molecule has 3 rings (SSSR count). The van der Waals surface area contributed by atoms with E-state index in [0.29, 0.717) is 16.2 Å². The van der Waals surface area contributed by atoms with Crippen molar-refractivity contribution in [3.05, 3.63) is 10.6 Å². The molecule has 1 N–H and O–H groups in total. The van der Waals surface area contributed by atoms with Gasteiger partial charge in [-0.1, -0.05) is 32.1 Å². The number of aromatic carboxylic acids is 1. The number of piperidine rings is 1.